The Morgan fingerprint density at radius 1 is 1.11 bits per heavy atom. The first kappa shape index (κ1) is 26.5. The maximum atomic E-state index is 13.0. The summed E-state index contributed by atoms with van der Waals surface area (Å²) in [5.41, 5.74) is 1.04. The van der Waals surface area contributed by atoms with Crippen molar-refractivity contribution >= 4 is 23.2 Å². The number of carbonyl (C=O) groups is 2. The number of hydrogen-bond acceptors (Lipinski definition) is 7. The Bertz CT molecular complexity index is 1310. The smallest absolute Gasteiger partial charge is 0.387 e. The average molecular weight is 532 g/mol. The molecule has 0 aliphatic carbocycles. The maximum absolute atomic E-state index is 13.0. The number of benzene rings is 1. The van der Waals surface area contributed by atoms with Crippen LogP contribution in [-0.4, -0.2) is 54.4 Å². The molecule has 2 amide bonds. The fourth-order valence-electron chi connectivity index (χ4n) is 4.27. The molecule has 1 aromatic carbocycles. The normalized spacial score (nSPS) is 14.1. The summed E-state index contributed by atoms with van der Waals surface area (Å²) >= 11 is 1.37. The topological polar surface area (TPSA) is 92.1 Å². The van der Waals surface area contributed by atoms with E-state index in [9.17, 15) is 23.2 Å². The van der Waals surface area contributed by atoms with E-state index in [1.54, 1.807) is 43.0 Å². The summed E-state index contributed by atoms with van der Waals surface area (Å²) in [6.07, 6.45) is 0. The number of carbonyl (C=O) groups excluding carboxylic acids is 2. The van der Waals surface area contributed by atoms with Gasteiger partial charge in [0.1, 0.15) is 11.5 Å². The van der Waals surface area contributed by atoms with Crippen molar-refractivity contribution in [3.63, 3.8) is 0 Å². The largest absolute Gasteiger partial charge is 0.434 e. The molecule has 1 saturated heterocycles. The number of rotatable bonds is 8. The Kier molecular flexibility index (Phi) is 8.34. The number of halogens is 2. The van der Waals surface area contributed by atoms with E-state index in [2.05, 4.69) is 15.0 Å². The van der Waals surface area contributed by atoms with Gasteiger partial charge in [0.25, 0.3) is 11.8 Å². The zero-order chi connectivity index (χ0) is 26.5. The molecular weight excluding hydrogens is 504 g/mol. The monoisotopic (exact) mass is 531 g/mol. The Morgan fingerprint density at radius 2 is 1.84 bits per heavy atom. The van der Waals surface area contributed by atoms with Crippen LogP contribution in [0, 0.1) is 13.8 Å². The molecule has 0 unspecified atom stereocenters. The summed E-state index contributed by atoms with van der Waals surface area (Å²) in [5.74, 6) is -0.0796. The van der Waals surface area contributed by atoms with Gasteiger partial charge in [-0.25, -0.2) is 4.79 Å². The molecule has 2 aromatic heterocycles. The summed E-state index contributed by atoms with van der Waals surface area (Å²) in [6, 6.07) is 11.3. The minimum atomic E-state index is -2.94. The van der Waals surface area contributed by atoms with Gasteiger partial charge in [-0.1, -0.05) is 18.2 Å². The molecule has 8 nitrogen and oxygen atoms in total. The van der Waals surface area contributed by atoms with Gasteiger partial charge in [-0.15, -0.1) is 11.3 Å². The number of thiophene rings is 1. The van der Waals surface area contributed by atoms with Crippen LogP contribution in [0.4, 0.5) is 8.78 Å². The van der Waals surface area contributed by atoms with Crippen LogP contribution in [0.25, 0.3) is 0 Å². The fraction of sp³-hybridized carbons (Fsp3) is 0.346. The first-order chi connectivity index (χ1) is 17.7. The van der Waals surface area contributed by atoms with Gasteiger partial charge in [-0.2, -0.15) is 8.78 Å². The number of ether oxygens (including phenoxy) is 1. The number of alkyl halides is 2. The molecule has 0 saturated carbocycles. The lowest BCUT2D eigenvalue weighted by atomic mass is 10.1. The number of nitrogens with zero attached hydrogens (tertiary/aromatic N) is 2. The predicted molar refractivity (Wildman–Crippen MR) is 134 cm³/mol. The summed E-state index contributed by atoms with van der Waals surface area (Å²) in [6.45, 7) is 3.53. The molecule has 3 aromatic rings. The summed E-state index contributed by atoms with van der Waals surface area (Å²) in [5, 5.41) is 2.75. The highest BCUT2D eigenvalue weighted by Gasteiger charge is 2.26. The van der Waals surface area contributed by atoms with Crippen LogP contribution in [0.1, 0.15) is 41.8 Å². The minimum absolute atomic E-state index is 0.0319. The number of piperazine rings is 1. The molecule has 11 heteroatoms. The Labute approximate surface area is 216 Å². The van der Waals surface area contributed by atoms with Crippen LogP contribution < -0.4 is 15.7 Å². The zero-order valence-electron chi connectivity index (χ0n) is 20.5. The molecule has 1 aliphatic rings. The van der Waals surface area contributed by atoms with E-state index >= 15 is 0 Å². The van der Waals surface area contributed by atoms with Crippen molar-refractivity contribution in [1.82, 2.24) is 15.1 Å². The number of para-hydroxylation sites is 1. The van der Waals surface area contributed by atoms with Gasteiger partial charge >= 0.3 is 12.2 Å². The van der Waals surface area contributed by atoms with Crippen LogP contribution in [0.5, 0.6) is 5.75 Å². The standard InChI is InChI=1S/C26H27F2N3O5S/c1-16-13-22(32)35-17(2)23(16)25(34)31-11-9-30(10-12-31)15-19-7-8-21(37-19)24(33)29-14-18-5-3-4-6-20(18)36-26(27)28/h3-8,13,26H,9-12,14-15H2,1-2H3,(H,29,33). The van der Waals surface area contributed by atoms with Crippen LogP contribution in [0.2, 0.25) is 0 Å². The van der Waals surface area contributed by atoms with Crippen LogP contribution >= 0.6 is 11.3 Å². The first-order valence-electron chi connectivity index (χ1n) is 11.7. The second-order valence-electron chi connectivity index (χ2n) is 8.68. The van der Waals surface area contributed by atoms with E-state index < -0.39 is 12.2 Å². The highest BCUT2D eigenvalue weighted by molar-refractivity contribution is 7.14. The highest BCUT2D eigenvalue weighted by atomic mass is 32.1. The lowest BCUT2D eigenvalue weighted by Gasteiger charge is -2.34. The van der Waals surface area contributed by atoms with E-state index in [1.165, 1.54) is 23.5 Å². The van der Waals surface area contributed by atoms with E-state index in [0.717, 1.165) is 4.88 Å². The van der Waals surface area contributed by atoms with Crippen molar-refractivity contribution in [2.75, 3.05) is 26.2 Å². The Morgan fingerprint density at radius 3 is 2.54 bits per heavy atom. The third kappa shape index (κ3) is 6.60. The van der Waals surface area contributed by atoms with Crippen molar-refractivity contribution in [1.29, 1.82) is 0 Å². The van der Waals surface area contributed by atoms with Crippen molar-refractivity contribution in [3.8, 4) is 5.75 Å². The van der Waals surface area contributed by atoms with Crippen molar-refractivity contribution in [2.24, 2.45) is 0 Å². The van der Waals surface area contributed by atoms with Gasteiger partial charge in [-0.3, -0.25) is 14.5 Å². The van der Waals surface area contributed by atoms with Gasteiger partial charge in [0.05, 0.1) is 10.4 Å². The number of amides is 2. The van der Waals surface area contributed by atoms with Crippen molar-refractivity contribution < 1.29 is 27.5 Å². The lowest BCUT2D eigenvalue weighted by molar-refractivity contribution is -0.0504. The molecule has 0 atom stereocenters. The minimum Gasteiger partial charge on any atom is -0.434 e. The predicted octanol–water partition coefficient (Wildman–Crippen LogP) is 3.81. The quantitative estimate of drug-likeness (QED) is 0.476. The van der Waals surface area contributed by atoms with E-state index in [4.69, 9.17) is 4.42 Å². The third-order valence-corrected chi connectivity index (χ3v) is 7.17. The number of aryl methyl sites for hydroxylation is 2. The van der Waals surface area contributed by atoms with Crippen LogP contribution in [-0.2, 0) is 13.1 Å². The van der Waals surface area contributed by atoms with Crippen molar-refractivity contribution in [3.05, 3.63) is 85.1 Å². The fourth-order valence-corrected chi connectivity index (χ4v) is 5.24. The van der Waals surface area contributed by atoms with Gasteiger partial charge < -0.3 is 19.4 Å². The van der Waals surface area contributed by atoms with Crippen LogP contribution in [0.15, 0.2) is 51.7 Å². The molecule has 37 heavy (non-hydrogen) atoms. The molecule has 4 rings (SSSR count). The van der Waals surface area contributed by atoms with E-state index in [1.807, 2.05) is 6.07 Å². The molecule has 1 fully saturated rings. The average Bonchev–Trinajstić information content (AvgIpc) is 3.31. The Balaban J connectivity index is 1.29. The maximum Gasteiger partial charge on any atom is 0.387 e. The van der Waals surface area contributed by atoms with Gasteiger partial charge in [0.2, 0.25) is 0 Å². The summed E-state index contributed by atoms with van der Waals surface area (Å²) in [4.78, 5) is 42.6. The molecular formula is C26H27F2N3O5S. The van der Waals surface area contributed by atoms with E-state index in [0.29, 0.717) is 60.1 Å². The Hall–Kier alpha value is -3.57. The van der Waals surface area contributed by atoms with Gasteiger partial charge in [0, 0.05) is 55.8 Å². The SMILES string of the molecule is Cc1cc(=O)oc(C)c1C(=O)N1CCN(Cc2ccc(C(=O)NCc3ccccc3OC(F)F)s2)CC1. The summed E-state index contributed by atoms with van der Waals surface area (Å²) < 4.78 is 34.8. The second-order valence-corrected chi connectivity index (χ2v) is 9.85. The molecule has 0 spiro atoms. The molecule has 0 radical (unpaired) electrons. The summed E-state index contributed by atoms with van der Waals surface area (Å²) in [7, 11) is 0. The second kappa shape index (κ2) is 11.7. The zero-order valence-corrected chi connectivity index (χ0v) is 21.3. The molecule has 196 valence electrons. The van der Waals surface area contributed by atoms with Crippen LogP contribution in [0.3, 0.4) is 0 Å². The molecule has 1 N–H and O–H groups in total. The van der Waals surface area contributed by atoms with Gasteiger partial charge in [-0.05, 0) is 37.6 Å². The van der Waals surface area contributed by atoms with E-state index in [-0.39, 0.29) is 24.1 Å². The van der Waals surface area contributed by atoms with Gasteiger partial charge in [0.15, 0.2) is 0 Å². The number of hydrogen-bond donors (Lipinski definition) is 1. The molecule has 1 aliphatic heterocycles. The third-order valence-electron chi connectivity index (χ3n) is 6.10. The highest BCUT2D eigenvalue weighted by Crippen LogP contribution is 2.22. The molecule has 3 heterocycles. The number of nitrogens with one attached hydrogen (secondary N) is 1. The first-order valence-corrected chi connectivity index (χ1v) is 12.6. The lowest BCUT2D eigenvalue weighted by Crippen LogP contribution is -2.48. The molecule has 0 bridgehead atoms. The van der Waals surface area contributed by atoms with Crippen molar-refractivity contribution in [2.45, 2.75) is 33.5 Å².